The SMILES string of the molecule is CC(C)NC(C)(CO)CCCN1CCn2cnnc2C1. The maximum Gasteiger partial charge on any atom is 0.147 e. The molecule has 114 valence electrons. The van der Waals surface area contributed by atoms with Crippen LogP contribution in [-0.4, -0.2) is 56.0 Å². The van der Waals surface area contributed by atoms with Gasteiger partial charge in [-0.3, -0.25) is 4.90 Å². The van der Waals surface area contributed by atoms with Crippen LogP contribution in [0.1, 0.15) is 39.4 Å². The summed E-state index contributed by atoms with van der Waals surface area (Å²) >= 11 is 0. The maximum atomic E-state index is 9.58. The molecular weight excluding hydrogens is 254 g/mol. The van der Waals surface area contributed by atoms with Crippen LogP contribution in [-0.2, 0) is 13.1 Å². The lowest BCUT2D eigenvalue weighted by atomic mass is 9.95. The lowest BCUT2D eigenvalue weighted by molar-refractivity contribution is 0.143. The molecule has 1 atom stereocenters. The van der Waals surface area contributed by atoms with Crippen LogP contribution < -0.4 is 5.32 Å². The molecule has 20 heavy (non-hydrogen) atoms. The average molecular weight is 281 g/mol. The van der Waals surface area contributed by atoms with Crippen molar-refractivity contribution in [1.29, 1.82) is 0 Å². The lowest BCUT2D eigenvalue weighted by Gasteiger charge is -2.33. The molecule has 1 aliphatic heterocycles. The molecule has 6 nitrogen and oxygen atoms in total. The fraction of sp³-hybridized carbons (Fsp3) is 0.857. The van der Waals surface area contributed by atoms with Gasteiger partial charge in [0.05, 0.1) is 13.2 Å². The lowest BCUT2D eigenvalue weighted by Crippen LogP contribution is -2.49. The van der Waals surface area contributed by atoms with Crippen molar-refractivity contribution < 1.29 is 5.11 Å². The summed E-state index contributed by atoms with van der Waals surface area (Å²) in [5, 5.41) is 21.1. The molecule has 2 rings (SSSR count). The van der Waals surface area contributed by atoms with Gasteiger partial charge in [0.2, 0.25) is 0 Å². The van der Waals surface area contributed by atoms with Crippen LogP contribution in [0.3, 0.4) is 0 Å². The second-order valence-corrected chi connectivity index (χ2v) is 6.34. The highest BCUT2D eigenvalue weighted by atomic mass is 16.3. The first-order valence-electron chi connectivity index (χ1n) is 7.50. The first-order chi connectivity index (χ1) is 9.52. The first kappa shape index (κ1) is 15.4. The van der Waals surface area contributed by atoms with Crippen LogP contribution in [0.4, 0.5) is 0 Å². The van der Waals surface area contributed by atoms with Gasteiger partial charge in [-0.2, -0.15) is 0 Å². The second-order valence-electron chi connectivity index (χ2n) is 6.34. The molecule has 1 aromatic rings. The third-order valence-corrected chi connectivity index (χ3v) is 3.91. The molecule has 0 aliphatic carbocycles. The number of hydrogen-bond donors (Lipinski definition) is 2. The van der Waals surface area contributed by atoms with Crippen molar-refractivity contribution in [2.45, 2.75) is 58.3 Å². The van der Waals surface area contributed by atoms with E-state index in [0.717, 1.165) is 44.8 Å². The van der Waals surface area contributed by atoms with E-state index < -0.39 is 0 Å². The Morgan fingerprint density at radius 1 is 1.45 bits per heavy atom. The van der Waals surface area contributed by atoms with Crippen LogP contribution in [0.5, 0.6) is 0 Å². The quantitative estimate of drug-likeness (QED) is 0.767. The summed E-state index contributed by atoms with van der Waals surface area (Å²) in [6.07, 6.45) is 3.86. The molecule has 0 spiro atoms. The van der Waals surface area contributed by atoms with Gasteiger partial charge in [-0.05, 0) is 26.3 Å². The fourth-order valence-corrected chi connectivity index (χ4v) is 2.89. The Kier molecular flexibility index (Phi) is 5.12. The minimum Gasteiger partial charge on any atom is -0.394 e. The molecule has 6 heteroatoms. The summed E-state index contributed by atoms with van der Waals surface area (Å²) in [4.78, 5) is 2.41. The van der Waals surface area contributed by atoms with Crippen LogP contribution in [0.2, 0.25) is 0 Å². The predicted octanol–water partition coefficient (Wildman–Crippen LogP) is 0.623. The smallest absolute Gasteiger partial charge is 0.147 e. The monoisotopic (exact) mass is 281 g/mol. The van der Waals surface area contributed by atoms with E-state index in [9.17, 15) is 5.11 Å². The molecule has 1 aliphatic rings. The zero-order valence-corrected chi connectivity index (χ0v) is 12.8. The third-order valence-electron chi connectivity index (χ3n) is 3.91. The Bertz CT molecular complexity index is 419. The molecule has 2 heterocycles. The van der Waals surface area contributed by atoms with Gasteiger partial charge in [-0.25, -0.2) is 0 Å². The van der Waals surface area contributed by atoms with Gasteiger partial charge in [-0.1, -0.05) is 13.8 Å². The van der Waals surface area contributed by atoms with Gasteiger partial charge in [0.1, 0.15) is 12.2 Å². The molecule has 0 aromatic carbocycles. The Hall–Kier alpha value is -0.980. The number of nitrogens with zero attached hydrogens (tertiary/aromatic N) is 4. The summed E-state index contributed by atoms with van der Waals surface area (Å²) < 4.78 is 2.12. The van der Waals surface area contributed by atoms with Crippen LogP contribution in [0.25, 0.3) is 0 Å². The van der Waals surface area contributed by atoms with Gasteiger partial charge in [0.25, 0.3) is 0 Å². The Morgan fingerprint density at radius 3 is 2.95 bits per heavy atom. The standard InChI is InChI=1S/C14H27N5O/c1-12(2)16-14(3,10-20)5-4-6-18-7-8-19-11-15-17-13(19)9-18/h11-12,16,20H,4-10H2,1-3H3. The number of aromatic nitrogens is 3. The van der Waals surface area contributed by atoms with Gasteiger partial charge in [0.15, 0.2) is 0 Å². The number of aliphatic hydroxyl groups is 1. The highest BCUT2D eigenvalue weighted by molar-refractivity contribution is 4.90. The molecule has 0 bridgehead atoms. The average Bonchev–Trinajstić information content (AvgIpc) is 2.85. The largest absolute Gasteiger partial charge is 0.394 e. The molecule has 2 N–H and O–H groups in total. The van der Waals surface area contributed by atoms with E-state index in [-0.39, 0.29) is 12.1 Å². The normalized spacial score (nSPS) is 19.1. The van der Waals surface area contributed by atoms with Crippen LogP contribution in [0.15, 0.2) is 6.33 Å². The zero-order chi connectivity index (χ0) is 14.6. The van der Waals surface area contributed by atoms with Crippen LogP contribution in [0, 0.1) is 0 Å². The highest BCUT2D eigenvalue weighted by Gasteiger charge is 2.24. The van der Waals surface area contributed by atoms with Crippen molar-refractivity contribution in [3.63, 3.8) is 0 Å². The van der Waals surface area contributed by atoms with E-state index in [1.54, 1.807) is 0 Å². The molecule has 0 saturated heterocycles. The summed E-state index contributed by atoms with van der Waals surface area (Å²) in [6, 6.07) is 0.390. The Balaban J connectivity index is 1.76. The van der Waals surface area contributed by atoms with Gasteiger partial charge in [0, 0.05) is 24.7 Å². The molecular formula is C14H27N5O. The summed E-state index contributed by atoms with van der Waals surface area (Å²) in [5.41, 5.74) is -0.177. The molecule has 0 saturated carbocycles. The van der Waals surface area contributed by atoms with E-state index in [2.05, 4.69) is 45.8 Å². The minimum atomic E-state index is -0.177. The summed E-state index contributed by atoms with van der Waals surface area (Å²) in [7, 11) is 0. The van der Waals surface area contributed by atoms with E-state index in [1.807, 2.05) is 6.33 Å². The minimum absolute atomic E-state index is 0.177. The van der Waals surface area contributed by atoms with E-state index in [4.69, 9.17) is 0 Å². The van der Waals surface area contributed by atoms with Crippen LogP contribution >= 0.6 is 0 Å². The van der Waals surface area contributed by atoms with Crippen molar-refractivity contribution in [2.75, 3.05) is 19.7 Å². The Morgan fingerprint density at radius 2 is 2.25 bits per heavy atom. The number of rotatable bonds is 7. The molecule has 0 radical (unpaired) electrons. The first-order valence-corrected chi connectivity index (χ1v) is 7.50. The van der Waals surface area contributed by atoms with Crippen molar-refractivity contribution in [1.82, 2.24) is 25.0 Å². The van der Waals surface area contributed by atoms with Crippen molar-refractivity contribution in [2.24, 2.45) is 0 Å². The van der Waals surface area contributed by atoms with Crippen molar-refractivity contribution in [3.8, 4) is 0 Å². The van der Waals surface area contributed by atoms with E-state index in [1.165, 1.54) is 0 Å². The molecule has 0 amide bonds. The van der Waals surface area contributed by atoms with E-state index >= 15 is 0 Å². The topological polar surface area (TPSA) is 66.2 Å². The molecule has 1 unspecified atom stereocenters. The summed E-state index contributed by atoms with van der Waals surface area (Å²) in [6.45, 7) is 10.5. The van der Waals surface area contributed by atoms with Gasteiger partial charge in [-0.15, -0.1) is 10.2 Å². The summed E-state index contributed by atoms with van der Waals surface area (Å²) in [5.74, 6) is 1.06. The van der Waals surface area contributed by atoms with Gasteiger partial charge < -0.3 is 15.0 Å². The predicted molar refractivity (Wildman–Crippen MR) is 78.3 cm³/mol. The fourth-order valence-electron chi connectivity index (χ4n) is 2.89. The number of fused-ring (bicyclic) bond motifs is 1. The van der Waals surface area contributed by atoms with Gasteiger partial charge >= 0.3 is 0 Å². The number of aliphatic hydroxyl groups excluding tert-OH is 1. The molecule has 1 aromatic heterocycles. The van der Waals surface area contributed by atoms with E-state index in [0.29, 0.717) is 6.04 Å². The van der Waals surface area contributed by atoms with Crippen molar-refractivity contribution in [3.05, 3.63) is 12.2 Å². The number of nitrogens with one attached hydrogen (secondary N) is 1. The molecule has 0 fully saturated rings. The second kappa shape index (κ2) is 6.65. The highest BCUT2D eigenvalue weighted by Crippen LogP contribution is 2.15. The number of hydrogen-bond acceptors (Lipinski definition) is 5. The zero-order valence-electron chi connectivity index (χ0n) is 12.8. The van der Waals surface area contributed by atoms with Crippen molar-refractivity contribution >= 4 is 0 Å². The Labute approximate surface area is 121 Å². The maximum absolute atomic E-state index is 9.58. The third kappa shape index (κ3) is 4.01.